The maximum absolute atomic E-state index is 13.1. The van der Waals surface area contributed by atoms with Crippen LogP contribution in [0.25, 0.3) is 5.69 Å². The third kappa shape index (κ3) is 6.13. The third-order valence-corrected chi connectivity index (χ3v) is 5.27. The Morgan fingerprint density at radius 3 is 2.65 bits per heavy atom. The Morgan fingerprint density at radius 2 is 1.87 bits per heavy atom. The zero-order valence-electron chi connectivity index (χ0n) is 17.6. The largest absolute Gasteiger partial charge is 0.379 e. The molecule has 1 aliphatic heterocycles. The Morgan fingerprint density at radius 1 is 1.10 bits per heavy atom. The lowest BCUT2D eigenvalue weighted by atomic mass is 10.2. The van der Waals surface area contributed by atoms with E-state index in [-0.39, 0.29) is 6.03 Å². The Kier molecular flexibility index (Phi) is 7.25. The molecule has 162 valence electrons. The molecule has 0 bridgehead atoms. The van der Waals surface area contributed by atoms with Gasteiger partial charge in [-0.1, -0.05) is 18.2 Å². The molecule has 0 atom stereocenters. The molecule has 3 heterocycles. The van der Waals surface area contributed by atoms with Gasteiger partial charge in [0.1, 0.15) is 0 Å². The highest BCUT2D eigenvalue weighted by Crippen LogP contribution is 2.13. The highest BCUT2D eigenvalue weighted by atomic mass is 16.5. The van der Waals surface area contributed by atoms with Gasteiger partial charge in [0.2, 0.25) is 0 Å². The molecule has 1 saturated heterocycles. The lowest BCUT2D eigenvalue weighted by Crippen LogP contribution is -2.40. The predicted octanol–water partition coefficient (Wildman–Crippen LogP) is 3.02. The van der Waals surface area contributed by atoms with Crippen LogP contribution in [0.5, 0.6) is 0 Å². The predicted molar refractivity (Wildman–Crippen MR) is 119 cm³/mol. The second-order valence-electron chi connectivity index (χ2n) is 7.52. The van der Waals surface area contributed by atoms with Crippen LogP contribution in [0.3, 0.4) is 0 Å². The zero-order chi connectivity index (χ0) is 21.3. The van der Waals surface area contributed by atoms with Gasteiger partial charge in [-0.05, 0) is 36.2 Å². The molecule has 4 rings (SSSR count). The number of carbonyl (C=O) groups excluding carboxylic acids is 1. The number of benzene rings is 1. The van der Waals surface area contributed by atoms with Gasteiger partial charge < -0.3 is 15.0 Å². The summed E-state index contributed by atoms with van der Waals surface area (Å²) in [7, 11) is 0. The van der Waals surface area contributed by atoms with Gasteiger partial charge in [0.15, 0.2) is 0 Å². The summed E-state index contributed by atoms with van der Waals surface area (Å²) in [4.78, 5) is 21.4. The summed E-state index contributed by atoms with van der Waals surface area (Å²) in [6.45, 7) is 5.63. The van der Waals surface area contributed by atoms with Gasteiger partial charge in [-0.15, -0.1) is 0 Å². The van der Waals surface area contributed by atoms with Crippen molar-refractivity contribution in [3.63, 3.8) is 0 Å². The molecule has 1 N–H and O–H groups in total. The quantitative estimate of drug-likeness (QED) is 0.606. The van der Waals surface area contributed by atoms with E-state index in [9.17, 15) is 4.79 Å². The highest BCUT2D eigenvalue weighted by Gasteiger charge is 2.17. The maximum atomic E-state index is 13.1. The van der Waals surface area contributed by atoms with E-state index in [0.29, 0.717) is 18.8 Å². The molecule has 3 aromatic rings. The average molecular weight is 421 g/mol. The monoisotopic (exact) mass is 420 g/mol. The van der Waals surface area contributed by atoms with Gasteiger partial charge in [-0.3, -0.25) is 9.88 Å². The number of ether oxygens (including phenoxy) is 1. The van der Waals surface area contributed by atoms with E-state index < -0.39 is 0 Å². The van der Waals surface area contributed by atoms with Crippen molar-refractivity contribution >= 4 is 11.7 Å². The number of amides is 2. The van der Waals surface area contributed by atoms with Crippen molar-refractivity contribution in [3.8, 4) is 5.69 Å². The minimum absolute atomic E-state index is 0.133. The number of hydrogen-bond acceptors (Lipinski definition) is 5. The number of morpholine rings is 1. The number of urea groups is 1. The van der Waals surface area contributed by atoms with E-state index in [1.165, 1.54) is 0 Å². The fourth-order valence-electron chi connectivity index (χ4n) is 3.58. The molecule has 1 fully saturated rings. The number of para-hydroxylation sites is 1. The van der Waals surface area contributed by atoms with Gasteiger partial charge in [0, 0.05) is 45.1 Å². The molecule has 0 spiro atoms. The number of nitrogens with one attached hydrogen (secondary N) is 1. The van der Waals surface area contributed by atoms with Crippen molar-refractivity contribution < 1.29 is 9.53 Å². The van der Waals surface area contributed by atoms with Crippen LogP contribution in [0.2, 0.25) is 0 Å². The van der Waals surface area contributed by atoms with Crippen molar-refractivity contribution in [1.82, 2.24) is 24.6 Å². The molecule has 0 aliphatic carbocycles. The van der Waals surface area contributed by atoms with Gasteiger partial charge >= 0.3 is 6.03 Å². The van der Waals surface area contributed by atoms with Crippen molar-refractivity contribution in [2.45, 2.75) is 13.0 Å². The number of nitrogens with zero attached hydrogens (tertiary/aromatic N) is 5. The number of anilines is 1. The molecule has 1 aromatic carbocycles. The first kappa shape index (κ1) is 21.0. The van der Waals surface area contributed by atoms with Crippen molar-refractivity contribution in [2.24, 2.45) is 0 Å². The van der Waals surface area contributed by atoms with Crippen LogP contribution in [-0.4, -0.2) is 70.0 Å². The van der Waals surface area contributed by atoms with Crippen molar-refractivity contribution in [3.05, 3.63) is 72.8 Å². The van der Waals surface area contributed by atoms with Crippen LogP contribution in [0.1, 0.15) is 12.0 Å². The summed E-state index contributed by atoms with van der Waals surface area (Å²) in [6, 6.07) is 13.6. The van der Waals surface area contributed by atoms with E-state index >= 15 is 0 Å². The van der Waals surface area contributed by atoms with Gasteiger partial charge in [0.05, 0.1) is 37.0 Å². The third-order valence-electron chi connectivity index (χ3n) is 5.27. The fourth-order valence-corrected chi connectivity index (χ4v) is 3.58. The van der Waals surface area contributed by atoms with Crippen molar-refractivity contribution in [1.29, 1.82) is 0 Å². The SMILES string of the molecule is O=C(Nc1cnn(-c2ccccc2)c1)N(CCCN1CCOCC1)Cc1ccncc1. The Hall–Kier alpha value is -3.23. The number of carbonyl (C=O) groups is 1. The summed E-state index contributed by atoms with van der Waals surface area (Å²) in [6.07, 6.45) is 7.91. The average Bonchev–Trinajstić information content (AvgIpc) is 3.29. The lowest BCUT2D eigenvalue weighted by molar-refractivity contribution is 0.0365. The van der Waals surface area contributed by atoms with Crippen LogP contribution >= 0.6 is 0 Å². The van der Waals surface area contributed by atoms with Crippen LogP contribution in [0.4, 0.5) is 10.5 Å². The Balaban J connectivity index is 1.38. The van der Waals surface area contributed by atoms with E-state index in [0.717, 1.165) is 50.5 Å². The summed E-state index contributed by atoms with van der Waals surface area (Å²) < 4.78 is 7.17. The van der Waals surface area contributed by atoms with Crippen LogP contribution in [0, 0.1) is 0 Å². The minimum Gasteiger partial charge on any atom is -0.379 e. The summed E-state index contributed by atoms with van der Waals surface area (Å²) >= 11 is 0. The molecule has 1 aliphatic rings. The molecule has 2 amide bonds. The Labute approximate surface area is 182 Å². The molecule has 0 saturated carbocycles. The summed E-state index contributed by atoms with van der Waals surface area (Å²) in [5.41, 5.74) is 2.67. The molecule has 2 aromatic heterocycles. The second kappa shape index (κ2) is 10.7. The molecule has 0 radical (unpaired) electrons. The van der Waals surface area contributed by atoms with Crippen molar-refractivity contribution in [2.75, 3.05) is 44.7 Å². The number of hydrogen-bond donors (Lipinski definition) is 1. The first-order valence-corrected chi connectivity index (χ1v) is 10.6. The smallest absolute Gasteiger partial charge is 0.322 e. The normalized spacial score (nSPS) is 14.3. The molecule has 31 heavy (non-hydrogen) atoms. The zero-order valence-corrected chi connectivity index (χ0v) is 17.6. The molecular weight excluding hydrogens is 392 g/mol. The topological polar surface area (TPSA) is 75.5 Å². The lowest BCUT2D eigenvalue weighted by Gasteiger charge is -2.28. The van der Waals surface area contributed by atoms with E-state index in [1.807, 2.05) is 53.6 Å². The van der Waals surface area contributed by atoms with Gasteiger partial charge in [0.25, 0.3) is 0 Å². The molecule has 8 nitrogen and oxygen atoms in total. The first-order chi connectivity index (χ1) is 15.3. The van der Waals surface area contributed by atoms with Gasteiger partial charge in [-0.25, -0.2) is 9.48 Å². The van der Waals surface area contributed by atoms with Crippen LogP contribution < -0.4 is 5.32 Å². The number of rotatable bonds is 8. The first-order valence-electron chi connectivity index (χ1n) is 10.6. The maximum Gasteiger partial charge on any atom is 0.322 e. The number of aromatic nitrogens is 3. The highest BCUT2D eigenvalue weighted by molar-refractivity contribution is 5.89. The van der Waals surface area contributed by atoms with Crippen LogP contribution in [0.15, 0.2) is 67.3 Å². The van der Waals surface area contributed by atoms with Gasteiger partial charge in [-0.2, -0.15) is 5.10 Å². The fraction of sp³-hybridized carbons (Fsp3) is 0.348. The van der Waals surface area contributed by atoms with Crippen LogP contribution in [-0.2, 0) is 11.3 Å². The van der Waals surface area contributed by atoms with E-state index in [2.05, 4.69) is 20.3 Å². The molecular formula is C23H28N6O2. The molecule has 0 unspecified atom stereocenters. The Bertz CT molecular complexity index is 941. The standard InChI is InChI=1S/C23H28N6O2/c30-23(26-21-17-25-29(19-21)22-5-2-1-3-6-22)28(18-20-7-9-24-10-8-20)12-4-11-27-13-15-31-16-14-27/h1-3,5-10,17,19H,4,11-16,18H2,(H,26,30). The molecule has 8 heteroatoms. The second-order valence-corrected chi connectivity index (χ2v) is 7.52. The number of pyridine rings is 1. The van der Waals surface area contributed by atoms with E-state index in [1.54, 1.807) is 23.3 Å². The summed E-state index contributed by atoms with van der Waals surface area (Å²) in [5, 5.41) is 7.36. The summed E-state index contributed by atoms with van der Waals surface area (Å²) in [5.74, 6) is 0. The van der Waals surface area contributed by atoms with E-state index in [4.69, 9.17) is 4.74 Å². The minimum atomic E-state index is -0.133.